The minimum Gasteiger partial charge on any atom is -0.456 e. The van der Waals surface area contributed by atoms with E-state index in [1.54, 1.807) is 0 Å². The molecule has 2 aliphatic carbocycles. The Morgan fingerprint density at radius 2 is 0.776 bits per heavy atom. The van der Waals surface area contributed by atoms with Crippen LogP contribution in [0.5, 0.6) is 0 Å². The average Bonchev–Trinajstić information content (AvgIpc) is 4.03. The maximum absolute atomic E-state index is 6.42. The van der Waals surface area contributed by atoms with Crippen molar-refractivity contribution in [2.24, 2.45) is 0 Å². The SMILES string of the molecule is c1ccc(N(c2ccc(-c3ccc4c(c3)C3(c5ccccc5-c5ccccc53)c3ccccc3-4)cc2)c2ccc(-c3cccc4ccccc34)cc2)c(-c2ccc3c(c2)oc2ccccc23)c1. The Hall–Kier alpha value is -8.72. The van der Waals surface area contributed by atoms with E-state index in [1.807, 2.05) is 12.1 Å². The summed E-state index contributed by atoms with van der Waals surface area (Å²) in [5.74, 6) is 0. The van der Waals surface area contributed by atoms with Gasteiger partial charge in [-0.1, -0.05) is 194 Å². The highest BCUT2D eigenvalue weighted by Crippen LogP contribution is 2.63. The van der Waals surface area contributed by atoms with Crippen LogP contribution in [0.4, 0.5) is 17.1 Å². The molecule has 0 radical (unpaired) electrons. The molecule has 0 unspecified atom stereocenters. The Balaban J connectivity index is 0.906. The Bertz CT molecular complexity index is 3860. The minimum absolute atomic E-state index is 0.390. The number of anilines is 3. The van der Waals surface area contributed by atoms with Crippen LogP contribution in [0.15, 0.2) is 253 Å². The van der Waals surface area contributed by atoms with E-state index in [9.17, 15) is 0 Å². The summed E-state index contributed by atoms with van der Waals surface area (Å²) in [6.07, 6.45) is 0. The molecule has 67 heavy (non-hydrogen) atoms. The Morgan fingerprint density at radius 3 is 1.48 bits per heavy atom. The molecular weight excluding hydrogens is 811 g/mol. The summed E-state index contributed by atoms with van der Waals surface area (Å²) >= 11 is 0. The molecule has 1 spiro atoms. The zero-order valence-corrected chi connectivity index (χ0v) is 36.5. The van der Waals surface area contributed by atoms with Crippen LogP contribution in [0.2, 0.25) is 0 Å². The topological polar surface area (TPSA) is 16.4 Å². The first-order chi connectivity index (χ1) is 33.2. The smallest absolute Gasteiger partial charge is 0.136 e. The predicted molar refractivity (Wildman–Crippen MR) is 279 cm³/mol. The third-order valence-corrected chi connectivity index (χ3v) is 14.5. The maximum atomic E-state index is 6.42. The van der Waals surface area contributed by atoms with Crippen molar-refractivity contribution in [3.8, 4) is 55.6 Å². The van der Waals surface area contributed by atoms with Crippen LogP contribution in [-0.4, -0.2) is 0 Å². The van der Waals surface area contributed by atoms with E-state index in [0.29, 0.717) is 0 Å². The largest absolute Gasteiger partial charge is 0.456 e. The van der Waals surface area contributed by atoms with Gasteiger partial charge < -0.3 is 9.32 Å². The molecule has 0 bridgehead atoms. The molecule has 0 fully saturated rings. The van der Waals surface area contributed by atoms with E-state index in [-0.39, 0.29) is 5.41 Å². The number of rotatable bonds is 6. The third-order valence-electron chi connectivity index (χ3n) is 14.5. The number of furan rings is 1. The van der Waals surface area contributed by atoms with Gasteiger partial charge in [0.1, 0.15) is 11.2 Å². The molecule has 312 valence electrons. The van der Waals surface area contributed by atoms with Gasteiger partial charge in [-0.2, -0.15) is 0 Å². The summed E-state index contributed by atoms with van der Waals surface area (Å²) in [6.45, 7) is 0. The van der Waals surface area contributed by atoms with Gasteiger partial charge in [0.05, 0.1) is 11.1 Å². The van der Waals surface area contributed by atoms with Crippen molar-refractivity contribution in [1.82, 2.24) is 0 Å². The van der Waals surface area contributed by atoms with E-state index in [2.05, 4.69) is 241 Å². The average molecular weight is 852 g/mol. The van der Waals surface area contributed by atoms with Crippen molar-refractivity contribution in [2.45, 2.75) is 5.41 Å². The van der Waals surface area contributed by atoms with E-state index >= 15 is 0 Å². The molecule has 2 heteroatoms. The first-order valence-electron chi connectivity index (χ1n) is 23.2. The van der Waals surface area contributed by atoms with E-state index in [0.717, 1.165) is 50.1 Å². The fourth-order valence-electron chi connectivity index (χ4n) is 11.6. The third kappa shape index (κ3) is 5.57. The molecule has 0 atom stereocenters. The van der Waals surface area contributed by atoms with E-state index < -0.39 is 0 Å². The summed E-state index contributed by atoms with van der Waals surface area (Å²) in [5, 5.41) is 4.74. The number of hydrogen-bond donors (Lipinski definition) is 0. The highest BCUT2D eigenvalue weighted by atomic mass is 16.3. The summed E-state index contributed by atoms with van der Waals surface area (Å²) < 4.78 is 6.42. The lowest BCUT2D eigenvalue weighted by molar-refractivity contribution is 0.669. The molecule has 14 rings (SSSR count). The van der Waals surface area contributed by atoms with Crippen LogP contribution in [0.3, 0.4) is 0 Å². The van der Waals surface area contributed by atoms with Crippen LogP contribution in [-0.2, 0) is 5.41 Å². The number of nitrogens with zero attached hydrogens (tertiary/aromatic N) is 1. The Labute approximate surface area is 389 Å². The monoisotopic (exact) mass is 851 g/mol. The molecule has 1 heterocycles. The second-order valence-corrected chi connectivity index (χ2v) is 17.9. The molecule has 0 amide bonds. The van der Waals surface area contributed by atoms with Crippen LogP contribution in [0, 0.1) is 0 Å². The quantitative estimate of drug-likeness (QED) is 0.166. The molecule has 2 aliphatic rings. The standard InChI is InChI=1S/C65H41NO/c1-2-16-49-43(14-1)15-13-22-50(49)44-30-36-48(37-31-44)66(62-26-11-6-17-51(62)46-33-39-57-56-21-7-12-27-63(56)67-64(57)41-46)47-34-28-42(29-35-47)45-32-38-55-54-20-5-10-25-60(54)65(61(55)40-45)58-23-8-3-18-52(58)53-19-4-9-24-59(53)65/h1-41H. The van der Waals surface area contributed by atoms with Crippen molar-refractivity contribution < 1.29 is 4.42 Å². The lowest BCUT2D eigenvalue weighted by Gasteiger charge is -2.30. The zero-order valence-electron chi connectivity index (χ0n) is 36.5. The molecule has 2 nitrogen and oxygen atoms in total. The maximum Gasteiger partial charge on any atom is 0.136 e. The van der Waals surface area contributed by atoms with Gasteiger partial charge in [-0.05, 0) is 138 Å². The first-order valence-corrected chi connectivity index (χ1v) is 23.2. The predicted octanol–water partition coefficient (Wildman–Crippen LogP) is 17.6. The highest BCUT2D eigenvalue weighted by molar-refractivity contribution is 6.06. The van der Waals surface area contributed by atoms with Crippen LogP contribution < -0.4 is 4.90 Å². The molecule has 0 N–H and O–H groups in total. The van der Waals surface area contributed by atoms with Crippen molar-refractivity contribution in [2.75, 3.05) is 4.90 Å². The fraction of sp³-hybridized carbons (Fsp3) is 0.0154. The van der Waals surface area contributed by atoms with Gasteiger partial charge in [0, 0.05) is 27.7 Å². The number of benzene rings is 11. The molecule has 11 aromatic carbocycles. The summed E-state index contributed by atoms with van der Waals surface area (Å²) in [7, 11) is 0. The van der Waals surface area contributed by atoms with Crippen molar-refractivity contribution in [3.63, 3.8) is 0 Å². The van der Waals surface area contributed by atoms with E-state index in [1.165, 1.54) is 77.5 Å². The van der Waals surface area contributed by atoms with Crippen molar-refractivity contribution in [3.05, 3.63) is 271 Å². The summed E-state index contributed by atoms with van der Waals surface area (Å²) in [6, 6.07) is 91.2. The Morgan fingerprint density at radius 1 is 0.284 bits per heavy atom. The number of fused-ring (bicyclic) bond motifs is 14. The highest BCUT2D eigenvalue weighted by Gasteiger charge is 2.51. The van der Waals surface area contributed by atoms with E-state index in [4.69, 9.17) is 4.42 Å². The zero-order chi connectivity index (χ0) is 44.1. The van der Waals surface area contributed by atoms with Crippen LogP contribution >= 0.6 is 0 Å². The first kappa shape index (κ1) is 37.6. The summed E-state index contributed by atoms with van der Waals surface area (Å²) in [4.78, 5) is 2.40. The van der Waals surface area contributed by atoms with Crippen LogP contribution in [0.1, 0.15) is 22.3 Å². The van der Waals surface area contributed by atoms with Gasteiger partial charge in [0.25, 0.3) is 0 Å². The lowest BCUT2D eigenvalue weighted by Crippen LogP contribution is -2.25. The lowest BCUT2D eigenvalue weighted by atomic mass is 9.70. The molecule has 0 saturated carbocycles. The molecule has 0 aliphatic heterocycles. The van der Waals surface area contributed by atoms with Crippen molar-refractivity contribution in [1.29, 1.82) is 0 Å². The molecule has 1 aromatic heterocycles. The van der Waals surface area contributed by atoms with Gasteiger partial charge in [0.15, 0.2) is 0 Å². The van der Waals surface area contributed by atoms with Crippen LogP contribution in [0.25, 0.3) is 88.3 Å². The minimum atomic E-state index is -0.390. The van der Waals surface area contributed by atoms with Gasteiger partial charge in [-0.3, -0.25) is 0 Å². The normalized spacial score (nSPS) is 12.9. The van der Waals surface area contributed by atoms with Gasteiger partial charge in [0.2, 0.25) is 0 Å². The second kappa shape index (κ2) is 14.7. The van der Waals surface area contributed by atoms with Gasteiger partial charge in [-0.25, -0.2) is 0 Å². The fourth-order valence-corrected chi connectivity index (χ4v) is 11.6. The van der Waals surface area contributed by atoms with Crippen molar-refractivity contribution >= 4 is 49.8 Å². The number of para-hydroxylation sites is 2. The number of hydrogen-bond acceptors (Lipinski definition) is 2. The second-order valence-electron chi connectivity index (χ2n) is 17.9. The van der Waals surface area contributed by atoms with Gasteiger partial charge in [-0.15, -0.1) is 0 Å². The van der Waals surface area contributed by atoms with Gasteiger partial charge >= 0.3 is 0 Å². The summed E-state index contributed by atoms with van der Waals surface area (Å²) in [5.41, 5.74) is 22.3. The molecule has 12 aromatic rings. The molecule has 0 saturated heterocycles. The Kier molecular flexibility index (Phi) is 8.23. The molecular formula is C65H41NO.